The van der Waals surface area contributed by atoms with Gasteiger partial charge in [0.2, 0.25) is 10.0 Å². The molecule has 1 aromatic carbocycles. The van der Waals surface area contributed by atoms with Crippen LogP contribution in [0.3, 0.4) is 0 Å². The molecule has 0 bridgehead atoms. The monoisotopic (exact) mass is 353 g/mol. The second-order valence-electron chi connectivity index (χ2n) is 4.66. The van der Waals surface area contributed by atoms with Gasteiger partial charge < -0.3 is 0 Å². The molecule has 0 saturated carbocycles. The minimum absolute atomic E-state index is 0.166. The molecule has 7 heteroatoms. The van der Waals surface area contributed by atoms with Crippen LogP contribution in [0.25, 0.3) is 0 Å². The highest BCUT2D eigenvalue weighted by molar-refractivity contribution is 8.00. The first-order valence-corrected chi connectivity index (χ1v) is 9.85. The molecule has 1 saturated heterocycles. The smallest absolute Gasteiger partial charge is 0.207 e. The van der Waals surface area contributed by atoms with Crippen LogP contribution < -0.4 is 0 Å². The molecule has 1 unspecified atom stereocenters. The van der Waals surface area contributed by atoms with E-state index in [1.165, 1.54) is 4.31 Å². The van der Waals surface area contributed by atoms with Crippen molar-refractivity contribution >= 4 is 45.0 Å². The van der Waals surface area contributed by atoms with Crippen molar-refractivity contribution in [2.75, 3.05) is 18.8 Å². The predicted octanol–water partition coefficient (Wildman–Crippen LogP) is 3.59. The van der Waals surface area contributed by atoms with Gasteiger partial charge in [-0.1, -0.05) is 24.6 Å². The normalized spacial score (nSPS) is 21.1. The second kappa shape index (κ2) is 6.88. The van der Waals surface area contributed by atoms with Crippen LogP contribution in [0.2, 0.25) is 5.02 Å². The van der Waals surface area contributed by atoms with Crippen LogP contribution in [0.15, 0.2) is 23.1 Å². The van der Waals surface area contributed by atoms with Gasteiger partial charge in [-0.2, -0.15) is 16.1 Å². The molecule has 20 heavy (non-hydrogen) atoms. The summed E-state index contributed by atoms with van der Waals surface area (Å²) >= 11 is 13.7. The third-order valence-electron chi connectivity index (χ3n) is 3.32. The molecule has 1 aromatic rings. The molecule has 1 atom stereocenters. The van der Waals surface area contributed by atoms with Crippen molar-refractivity contribution in [1.29, 1.82) is 0 Å². The van der Waals surface area contributed by atoms with Crippen LogP contribution in [0, 0.1) is 0 Å². The van der Waals surface area contributed by atoms with Crippen molar-refractivity contribution in [2.24, 2.45) is 0 Å². The Morgan fingerprint density at radius 1 is 1.45 bits per heavy atom. The number of sulfonamides is 1. The molecule has 3 nitrogen and oxygen atoms in total. The number of halogens is 2. The molecule has 0 aromatic heterocycles. The lowest BCUT2D eigenvalue weighted by Gasteiger charge is -2.31. The molecule has 112 valence electrons. The maximum Gasteiger partial charge on any atom is 0.244 e. The van der Waals surface area contributed by atoms with Crippen LogP contribution in [0.4, 0.5) is 0 Å². The van der Waals surface area contributed by atoms with Crippen LogP contribution in [-0.4, -0.2) is 36.8 Å². The number of nitrogens with zero attached hydrogens (tertiary/aromatic N) is 1. The fourth-order valence-electron chi connectivity index (χ4n) is 2.13. The zero-order valence-electron chi connectivity index (χ0n) is 11.2. The summed E-state index contributed by atoms with van der Waals surface area (Å²) < 4.78 is 27.0. The summed E-state index contributed by atoms with van der Waals surface area (Å²) in [4.78, 5) is 0.166. The summed E-state index contributed by atoms with van der Waals surface area (Å²) in [5.74, 6) is 1.09. The number of hydrogen-bond acceptors (Lipinski definition) is 3. The van der Waals surface area contributed by atoms with Gasteiger partial charge in [0, 0.05) is 30.0 Å². The van der Waals surface area contributed by atoms with Crippen molar-refractivity contribution in [3.8, 4) is 0 Å². The average molecular weight is 354 g/mol. The number of alkyl halides is 1. The summed E-state index contributed by atoms with van der Waals surface area (Å²) in [6, 6.07) is 4.92. The quantitative estimate of drug-likeness (QED) is 0.776. The third-order valence-corrected chi connectivity index (χ3v) is 7.35. The highest BCUT2D eigenvalue weighted by Gasteiger charge is 2.31. The van der Waals surface area contributed by atoms with Gasteiger partial charge in [-0.3, -0.25) is 0 Å². The van der Waals surface area contributed by atoms with Crippen molar-refractivity contribution in [2.45, 2.75) is 29.4 Å². The molecule has 0 N–H and O–H groups in total. The molecule has 1 aliphatic heterocycles. The first-order chi connectivity index (χ1) is 9.48. The van der Waals surface area contributed by atoms with Gasteiger partial charge in [-0.25, -0.2) is 8.42 Å². The lowest BCUT2D eigenvalue weighted by atomic mass is 10.2. The SMILES string of the molecule is CCC1CN(S(=O)(=O)c2cc(CCl)ccc2Cl)CCS1. The van der Waals surface area contributed by atoms with E-state index in [1.54, 1.807) is 18.2 Å². The molecule has 1 heterocycles. The fourth-order valence-corrected chi connectivity index (χ4v) is 5.69. The highest BCUT2D eigenvalue weighted by Crippen LogP contribution is 2.30. The Kier molecular flexibility index (Phi) is 5.65. The van der Waals surface area contributed by atoms with Gasteiger partial charge in [0.1, 0.15) is 4.90 Å². The lowest BCUT2D eigenvalue weighted by molar-refractivity contribution is 0.416. The summed E-state index contributed by atoms with van der Waals surface area (Å²) in [5, 5.41) is 0.610. The molecule has 2 rings (SSSR count). The maximum atomic E-state index is 12.7. The topological polar surface area (TPSA) is 37.4 Å². The van der Waals surface area contributed by atoms with Crippen LogP contribution in [-0.2, 0) is 15.9 Å². The first-order valence-electron chi connectivity index (χ1n) is 6.45. The second-order valence-corrected chi connectivity index (χ2v) is 8.65. The number of benzene rings is 1. The van der Waals surface area contributed by atoms with E-state index in [0.29, 0.717) is 18.3 Å². The number of hydrogen-bond donors (Lipinski definition) is 0. The lowest BCUT2D eigenvalue weighted by Crippen LogP contribution is -2.41. The van der Waals surface area contributed by atoms with Crippen LogP contribution in [0.1, 0.15) is 18.9 Å². The Hall–Kier alpha value is 0.0600. The summed E-state index contributed by atoms with van der Waals surface area (Å²) in [7, 11) is -3.54. The van der Waals surface area contributed by atoms with Crippen molar-refractivity contribution in [3.63, 3.8) is 0 Å². The van der Waals surface area contributed by atoms with Crippen LogP contribution in [0.5, 0.6) is 0 Å². The molecule has 1 fully saturated rings. The van der Waals surface area contributed by atoms with Gasteiger partial charge >= 0.3 is 0 Å². The van der Waals surface area contributed by atoms with Gasteiger partial charge in [0.15, 0.2) is 0 Å². The van der Waals surface area contributed by atoms with Gasteiger partial charge in [0.25, 0.3) is 0 Å². The van der Waals surface area contributed by atoms with E-state index in [1.807, 2.05) is 11.8 Å². The molecule has 0 radical (unpaired) electrons. The minimum atomic E-state index is -3.54. The van der Waals surface area contributed by atoms with Gasteiger partial charge in [-0.15, -0.1) is 11.6 Å². The molecule has 0 aliphatic carbocycles. The zero-order chi connectivity index (χ0) is 14.8. The van der Waals surface area contributed by atoms with E-state index in [0.717, 1.165) is 17.7 Å². The molecular weight excluding hydrogens is 337 g/mol. The Balaban J connectivity index is 2.34. The molecule has 1 aliphatic rings. The molecule has 0 amide bonds. The molecule has 0 spiro atoms. The average Bonchev–Trinajstić information content (AvgIpc) is 2.47. The minimum Gasteiger partial charge on any atom is -0.207 e. The fraction of sp³-hybridized carbons (Fsp3) is 0.538. The van der Waals surface area contributed by atoms with Crippen molar-refractivity contribution < 1.29 is 8.42 Å². The Bertz CT molecular complexity index is 578. The van der Waals surface area contributed by atoms with E-state index in [4.69, 9.17) is 23.2 Å². The van der Waals surface area contributed by atoms with E-state index >= 15 is 0 Å². The Morgan fingerprint density at radius 2 is 2.20 bits per heavy atom. The highest BCUT2D eigenvalue weighted by atomic mass is 35.5. The van der Waals surface area contributed by atoms with Gasteiger partial charge in [0.05, 0.1) is 5.02 Å². The summed E-state index contributed by atoms with van der Waals surface area (Å²) in [6.07, 6.45) is 0.964. The third kappa shape index (κ3) is 3.45. The van der Waals surface area contributed by atoms with Crippen molar-refractivity contribution in [1.82, 2.24) is 4.31 Å². The van der Waals surface area contributed by atoms with Gasteiger partial charge in [-0.05, 0) is 24.1 Å². The van der Waals surface area contributed by atoms with E-state index in [2.05, 4.69) is 6.92 Å². The Morgan fingerprint density at radius 3 is 2.85 bits per heavy atom. The standard InChI is InChI=1S/C13H17Cl2NO2S2/c1-2-11-9-16(5-6-19-11)20(17,18)13-7-10(8-14)3-4-12(13)15/h3-4,7,11H,2,5-6,8-9H2,1H3. The molecular formula is C13H17Cl2NO2S2. The zero-order valence-corrected chi connectivity index (χ0v) is 14.3. The summed E-state index contributed by atoms with van der Waals surface area (Å²) in [6.45, 7) is 3.16. The largest absolute Gasteiger partial charge is 0.244 e. The van der Waals surface area contributed by atoms with Crippen LogP contribution >= 0.6 is 35.0 Å². The van der Waals surface area contributed by atoms with E-state index in [9.17, 15) is 8.42 Å². The van der Waals surface area contributed by atoms with E-state index < -0.39 is 10.0 Å². The number of thioether (sulfide) groups is 1. The first kappa shape index (κ1) is 16.4. The summed E-state index contributed by atoms with van der Waals surface area (Å²) in [5.41, 5.74) is 0.757. The maximum absolute atomic E-state index is 12.7. The van der Waals surface area contributed by atoms with E-state index in [-0.39, 0.29) is 15.8 Å². The predicted molar refractivity (Wildman–Crippen MR) is 86.3 cm³/mol. The Labute approximate surface area is 134 Å². The van der Waals surface area contributed by atoms with Crippen molar-refractivity contribution in [3.05, 3.63) is 28.8 Å². The number of rotatable bonds is 4.